The van der Waals surface area contributed by atoms with Crippen LogP contribution in [0.5, 0.6) is 0 Å². The first-order chi connectivity index (χ1) is 9.69. The van der Waals surface area contributed by atoms with Crippen molar-refractivity contribution in [1.82, 2.24) is 15.6 Å². The highest BCUT2D eigenvalue weighted by Crippen LogP contribution is 2.19. The van der Waals surface area contributed by atoms with Crippen LogP contribution >= 0.6 is 0 Å². The molecule has 0 bridgehead atoms. The summed E-state index contributed by atoms with van der Waals surface area (Å²) in [6.45, 7) is -0.475. The molecule has 1 aliphatic rings. The maximum absolute atomic E-state index is 12.0. The van der Waals surface area contributed by atoms with Crippen molar-refractivity contribution in [2.24, 2.45) is 0 Å². The zero-order valence-corrected chi connectivity index (χ0v) is 11.2. The van der Waals surface area contributed by atoms with E-state index in [1.807, 2.05) is 0 Å². The summed E-state index contributed by atoms with van der Waals surface area (Å²) in [5, 5.41) is 14.4. The van der Waals surface area contributed by atoms with E-state index in [1.165, 1.54) is 0 Å². The van der Waals surface area contributed by atoms with Crippen molar-refractivity contribution in [1.29, 1.82) is 0 Å². The van der Waals surface area contributed by atoms with E-state index >= 15 is 0 Å². The molecule has 2 rings (SSSR count). The minimum atomic E-state index is -0.475. The molecule has 1 saturated carbocycles. The van der Waals surface area contributed by atoms with Gasteiger partial charge in [0.05, 0.1) is 5.56 Å². The maximum atomic E-state index is 12.0. The van der Waals surface area contributed by atoms with Crippen molar-refractivity contribution >= 4 is 11.8 Å². The normalized spacial score (nSPS) is 22.1. The van der Waals surface area contributed by atoms with Gasteiger partial charge in [0.2, 0.25) is 5.91 Å². The van der Waals surface area contributed by atoms with Gasteiger partial charge < -0.3 is 15.7 Å². The predicted octanol–water partition coefficient (Wildman–Crippen LogP) is 0.231. The number of aliphatic hydroxyl groups is 1. The Hall–Kier alpha value is -1.95. The lowest BCUT2D eigenvalue weighted by Gasteiger charge is -2.29. The third-order valence-corrected chi connectivity index (χ3v) is 3.49. The van der Waals surface area contributed by atoms with E-state index in [0.29, 0.717) is 5.56 Å². The van der Waals surface area contributed by atoms with Crippen molar-refractivity contribution in [3.05, 3.63) is 30.1 Å². The van der Waals surface area contributed by atoms with Crippen LogP contribution in [0.4, 0.5) is 0 Å². The lowest BCUT2D eigenvalue weighted by Crippen LogP contribution is -2.44. The number of hydrogen-bond acceptors (Lipinski definition) is 4. The van der Waals surface area contributed by atoms with Crippen LogP contribution in [-0.2, 0) is 4.79 Å². The van der Waals surface area contributed by atoms with E-state index in [4.69, 9.17) is 5.11 Å². The summed E-state index contributed by atoms with van der Waals surface area (Å²) < 4.78 is 0. The molecule has 1 aromatic rings. The molecule has 0 spiro atoms. The lowest BCUT2D eigenvalue weighted by molar-refractivity contribution is -0.124. The molecule has 3 N–H and O–H groups in total. The largest absolute Gasteiger partial charge is 0.387 e. The van der Waals surface area contributed by atoms with Gasteiger partial charge in [-0.2, -0.15) is 0 Å². The Kier molecular flexibility index (Phi) is 5.06. The van der Waals surface area contributed by atoms with Crippen molar-refractivity contribution in [2.45, 2.75) is 37.8 Å². The van der Waals surface area contributed by atoms with Crippen LogP contribution in [0.2, 0.25) is 0 Å². The third kappa shape index (κ3) is 4.03. The zero-order valence-electron chi connectivity index (χ0n) is 11.2. The smallest absolute Gasteiger partial charge is 0.253 e. The van der Waals surface area contributed by atoms with Crippen LogP contribution in [0, 0.1) is 0 Å². The van der Waals surface area contributed by atoms with Gasteiger partial charge >= 0.3 is 0 Å². The van der Waals surface area contributed by atoms with Gasteiger partial charge in [0.15, 0.2) is 0 Å². The maximum Gasteiger partial charge on any atom is 0.253 e. The molecule has 1 aliphatic carbocycles. The van der Waals surface area contributed by atoms with E-state index in [2.05, 4.69) is 15.6 Å². The van der Waals surface area contributed by atoms with E-state index in [9.17, 15) is 9.59 Å². The number of aromatic nitrogens is 1. The Morgan fingerprint density at radius 3 is 2.40 bits per heavy atom. The van der Waals surface area contributed by atoms with Crippen molar-refractivity contribution < 1.29 is 14.7 Å². The van der Waals surface area contributed by atoms with Gasteiger partial charge in [-0.15, -0.1) is 0 Å². The van der Waals surface area contributed by atoms with Crippen LogP contribution in [0.15, 0.2) is 24.5 Å². The van der Waals surface area contributed by atoms with Gasteiger partial charge in [-0.05, 0) is 37.8 Å². The van der Waals surface area contributed by atoms with Crippen molar-refractivity contribution in [3.8, 4) is 0 Å². The second-order valence-corrected chi connectivity index (χ2v) is 4.99. The summed E-state index contributed by atoms with van der Waals surface area (Å²) in [6.07, 6.45) is 6.44. The van der Waals surface area contributed by atoms with Crippen LogP contribution in [0.1, 0.15) is 36.0 Å². The molecule has 6 heteroatoms. The lowest BCUT2D eigenvalue weighted by atomic mass is 9.91. The minimum absolute atomic E-state index is 0.0983. The summed E-state index contributed by atoms with van der Waals surface area (Å²) in [7, 11) is 0. The number of nitrogens with zero attached hydrogens (tertiary/aromatic N) is 1. The summed E-state index contributed by atoms with van der Waals surface area (Å²) >= 11 is 0. The Morgan fingerprint density at radius 2 is 1.85 bits per heavy atom. The number of aliphatic hydroxyl groups excluding tert-OH is 1. The second-order valence-electron chi connectivity index (χ2n) is 4.99. The number of pyridine rings is 1. The van der Waals surface area contributed by atoms with Crippen LogP contribution < -0.4 is 10.6 Å². The van der Waals surface area contributed by atoms with Gasteiger partial charge in [-0.3, -0.25) is 14.6 Å². The fourth-order valence-corrected chi connectivity index (χ4v) is 2.42. The molecule has 2 amide bonds. The van der Waals surface area contributed by atoms with Crippen molar-refractivity contribution in [2.75, 3.05) is 6.61 Å². The zero-order chi connectivity index (χ0) is 14.4. The fourth-order valence-electron chi connectivity index (χ4n) is 2.42. The molecule has 1 aromatic heterocycles. The number of rotatable bonds is 4. The molecule has 0 saturated heterocycles. The summed E-state index contributed by atoms with van der Waals surface area (Å²) in [5.74, 6) is -0.450. The quantitative estimate of drug-likeness (QED) is 0.735. The first kappa shape index (κ1) is 14.5. The first-order valence-corrected chi connectivity index (χ1v) is 6.80. The molecule has 0 aromatic carbocycles. The van der Waals surface area contributed by atoms with E-state index < -0.39 is 6.61 Å². The summed E-state index contributed by atoms with van der Waals surface area (Å²) in [6, 6.07) is 3.69. The Balaban J connectivity index is 1.77. The molecule has 0 radical (unpaired) electrons. The first-order valence-electron chi connectivity index (χ1n) is 6.80. The number of amides is 2. The Labute approximate surface area is 117 Å². The minimum Gasteiger partial charge on any atom is -0.387 e. The SMILES string of the molecule is O=C(CO)NC1CCC(NC(=O)c2cccnc2)CC1. The summed E-state index contributed by atoms with van der Waals surface area (Å²) in [4.78, 5) is 27.0. The molecule has 0 atom stereocenters. The van der Waals surface area contributed by atoms with Gasteiger partial charge in [-0.1, -0.05) is 0 Å². The van der Waals surface area contributed by atoms with Crippen LogP contribution in [0.3, 0.4) is 0 Å². The van der Waals surface area contributed by atoms with E-state index in [-0.39, 0.29) is 23.9 Å². The van der Waals surface area contributed by atoms with Crippen molar-refractivity contribution in [3.63, 3.8) is 0 Å². The number of nitrogens with one attached hydrogen (secondary N) is 2. The molecule has 0 aliphatic heterocycles. The van der Waals surface area contributed by atoms with E-state index in [1.54, 1.807) is 24.5 Å². The monoisotopic (exact) mass is 277 g/mol. The average Bonchev–Trinajstić information content (AvgIpc) is 2.50. The topological polar surface area (TPSA) is 91.3 Å². The highest BCUT2D eigenvalue weighted by molar-refractivity contribution is 5.94. The highest BCUT2D eigenvalue weighted by Gasteiger charge is 2.23. The Morgan fingerprint density at radius 1 is 1.20 bits per heavy atom. The third-order valence-electron chi connectivity index (χ3n) is 3.49. The fraction of sp³-hybridized carbons (Fsp3) is 0.500. The van der Waals surface area contributed by atoms with E-state index in [0.717, 1.165) is 25.7 Å². The average molecular weight is 277 g/mol. The standard InChI is InChI=1S/C14H19N3O3/c18-9-13(19)16-11-3-5-12(6-4-11)17-14(20)10-2-1-7-15-8-10/h1-2,7-8,11-12,18H,3-6,9H2,(H,16,19)(H,17,20). The van der Waals surface area contributed by atoms with Gasteiger partial charge in [0.1, 0.15) is 6.61 Å². The highest BCUT2D eigenvalue weighted by atomic mass is 16.3. The molecule has 6 nitrogen and oxygen atoms in total. The van der Waals surface area contributed by atoms with Crippen LogP contribution in [-0.4, -0.2) is 40.6 Å². The molecule has 108 valence electrons. The number of carbonyl (C=O) groups excluding carboxylic acids is 2. The van der Waals surface area contributed by atoms with Gasteiger partial charge in [-0.25, -0.2) is 0 Å². The molecule has 20 heavy (non-hydrogen) atoms. The predicted molar refractivity (Wildman–Crippen MR) is 73.0 cm³/mol. The number of hydrogen-bond donors (Lipinski definition) is 3. The summed E-state index contributed by atoms with van der Waals surface area (Å²) in [5.41, 5.74) is 0.559. The molecule has 0 unspecified atom stereocenters. The molecule has 1 fully saturated rings. The molecular formula is C14H19N3O3. The second kappa shape index (κ2) is 7.00. The molecular weight excluding hydrogens is 258 g/mol. The molecule has 1 heterocycles. The van der Waals surface area contributed by atoms with Gasteiger partial charge in [0, 0.05) is 24.5 Å². The Bertz CT molecular complexity index is 456. The van der Waals surface area contributed by atoms with Crippen LogP contribution in [0.25, 0.3) is 0 Å². The van der Waals surface area contributed by atoms with Gasteiger partial charge in [0.25, 0.3) is 5.91 Å². The number of carbonyl (C=O) groups is 2.